The number of carbonyl (C=O) groups excluding carboxylic acids is 2. The van der Waals surface area contributed by atoms with E-state index in [4.69, 9.17) is 0 Å². The molecule has 0 saturated carbocycles. The van der Waals surface area contributed by atoms with Crippen molar-refractivity contribution in [3.8, 4) is 0 Å². The van der Waals surface area contributed by atoms with Crippen molar-refractivity contribution in [2.24, 2.45) is 0 Å². The molecular formula is C16H17F2NO4. The predicted molar refractivity (Wildman–Crippen MR) is 79.2 cm³/mol. The van der Waals surface area contributed by atoms with Crippen LogP contribution in [-0.2, 0) is 31.4 Å². The van der Waals surface area contributed by atoms with Crippen LogP contribution in [0.4, 0.5) is 8.78 Å². The van der Waals surface area contributed by atoms with E-state index in [1.165, 1.54) is 14.0 Å². The minimum atomic E-state index is -3.82. The van der Waals surface area contributed by atoms with Crippen LogP contribution in [0.1, 0.15) is 24.6 Å². The predicted octanol–water partition coefficient (Wildman–Crippen LogP) is 2.93. The lowest BCUT2D eigenvalue weighted by Crippen LogP contribution is -2.30. The first-order valence-corrected chi connectivity index (χ1v) is 7.13. The van der Waals surface area contributed by atoms with Gasteiger partial charge in [0.15, 0.2) is 0 Å². The second kappa shape index (κ2) is 6.76. The number of alkyl halides is 2. The van der Waals surface area contributed by atoms with Gasteiger partial charge in [0.25, 0.3) is 0 Å². The number of H-pyrrole nitrogens is 1. The molecule has 0 aliphatic heterocycles. The fourth-order valence-electron chi connectivity index (χ4n) is 2.38. The average Bonchev–Trinajstić information content (AvgIpc) is 2.92. The highest BCUT2D eigenvalue weighted by atomic mass is 19.3. The lowest BCUT2D eigenvalue weighted by atomic mass is 10.0. The maximum atomic E-state index is 14.4. The molecule has 1 aromatic heterocycles. The number of halogens is 2. The van der Waals surface area contributed by atoms with Gasteiger partial charge in [0, 0.05) is 17.3 Å². The molecule has 1 N–H and O–H groups in total. The second-order valence-electron chi connectivity index (χ2n) is 4.90. The van der Waals surface area contributed by atoms with Crippen LogP contribution in [0.3, 0.4) is 0 Å². The Hall–Kier alpha value is -2.44. The number of benzene rings is 1. The number of ether oxygens (including phenoxy) is 2. The van der Waals surface area contributed by atoms with Gasteiger partial charge in [0.2, 0.25) is 0 Å². The Kier molecular flexibility index (Phi) is 4.98. The van der Waals surface area contributed by atoms with Crippen molar-refractivity contribution >= 4 is 22.8 Å². The Balaban J connectivity index is 2.49. The van der Waals surface area contributed by atoms with Gasteiger partial charge in [-0.1, -0.05) is 18.2 Å². The lowest BCUT2D eigenvalue weighted by molar-refractivity contribution is -0.173. The van der Waals surface area contributed by atoms with Crippen LogP contribution < -0.4 is 0 Å². The maximum Gasteiger partial charge on any atom is 0.383 e. The Morgan fingerprint density at radius 1 is 1.26 bits per heavy atom. The molecule has 124 valence electrons. The molecule has 0 bridgehead atoms. The monoisotopic (exact) mass is 325 g/mol. The average molecular weight is 325 g/mol. The number of fused-ring (bicyclic) bond motifs is 1. The van der Waals surface area contributed by atoms with Gasteiger partial charge < -0.3 is 14.5 Å². The Morgan fingerprint density at radius 2 is 1.96 bits per heavy atom. The van der Waals surface area contributed by atoms with Gasteiger partial charge in [0.05, 0.1) is 13.7 Å². The number of nitrogens with one attached hydrogen (secondary N) is 1. The van der Waals surface area contributed by atoms with Gasteiger partial charge in [-0.15, -0.1) is 0 Å². The number of hydrogen-bond donors (Lipinski definition) is 1. The molecule has 0 fully saturated rings. The topological polar surface area (TPSA) is 68.4 Å². The van der Waals surface area contributed by atoms with Crippen molar-refractivity contribution in [1.29, 1.82) is 0 Å². The summed E-state index contributed by atoms with van der Waals surface area (Å²) in [5, 5.41) is 0.537. The van der Waals surface area contributed by atoms with E-state index in [0.29, 0.717) is 10.9 Å². The van der Waals surface area contributed by atoms with Crippen molar-refractivity contribution in [1.82, 2.24) is 4.98 Å². The van der Waals surface area contributed by atoms with Crippen LogP contribution in [0.25, 0.3) is 10.9 Å². The number of aryl methyl sites for hydroxylation is 1. The van der Waals surface area contributed by atoms with Gasteiger partial charge in [-0.25, -0.2) is 4.79 Å². The van der Waals surface area contributed by atoms with Gasteiger partial charge in [0.1, 0.15) is 5.69 Å². The molecule has 5 nitrogen and oxygen atoms in total. The zero-order chi connectivity index (χ0) is 17.0. The molecule has 23 heavy (non-hydrogen) atoms. The van der Waals surface area contributed by atoms with E-state index < -0.39 is 23.6 Å². The summed E-state index contributed by atoms with van der Waals surface area (Å²) in [6, 6.07) is 6.67. The molecule has 0 aliphatic carbocycles. The summed E-state index contributed by atoms with van der Waals surface area (Å²) in [5.74, 6) is -5.95. The summed E-state index contributed by atoms with van der Waals surface area (Å²) < 4.78 is 37.8. The lowest BCUT2D eigenvalue weighted by Gasteiger charge is -2.15. The summed E-state index contributed by atoms with van der Waals surface area (Å²) in [4.78, 5) is 25.5. The van der Waals surface area contributed by atoms with Crippen molar-refractivity contribution in [2.45, 2.75) is 25.7 Å². The summed E-state index contributed by atoms with van der Waals surface area (Å²) in [6.45, 7) is 1.31. The molecule has 0 radical (unpaired) electrons. The van der Waals surface area contributed by atoms with Gasteiger partial charge in [-0.05, 0) is 25.0 Å². The van der Waals surface area contributed by atoms with Gasteiger partial charge in [-0.2, -0.15) is 8.78 Å². The number of carbonyl (C=O) groups is 2. The van der Waals surface area contributed by atoms with Crippen molar-refractivity contribution in [3.63, 3.8) is 0 Å². The molecule has 0 aliphatic rings. The van der Waals surface area contributed by atoms with E-state index in [1.807, 2.05) is 0 Å². The van der Waals surface area contributed by atoms with Gasteiger partial charge in [-0.3, -0.25) is 4.79 Å². The Morgan fingerprint density at radius 3 is 2.61 bits per heavy atom. The highest BCUT2D eigenvalue weighted by molar-refractivity contribution is 5.89. The van der Waals surface area contributed by atoms with Crippen LogP contribution in [-0.4, -0.2) is 30.6 Å². The number of para-hydroxylation sites is 1. The number of esters is 2. The fourth-order valence-corrected chi connectivity index (χ4v) is 2.38. The van der Waals surface area contributed by atoms with E-state index in [0.717, 1.165) is 0 Å². The molecule has 0 spiro atoms. The van der Waals surface area contributed by atoms with Crippen molar-refractivity contribution in [3.05, 3.63) is 35.5 Å². The normalized spacial score (nSPS) is 11.5. The minimum absolute atomic E-state index is 0.0288. The first-order valence-electron chi connectivity index (χ1n) is 7.13. The Bertz CT molecular complexity index is 724. The minimum Gasteiger partial charge on any atom is -0.469 e. The third-order valence-electron chi connectivity index (χ3n) is 3.47. The maximum absolute atomic E-state index is 14.4. The summed E-state index contributed by atoms with van der Waals surface area (Å²) in [6.07, 6.45) is -0.0364. The fraction of sp³-hybridized carbons (Fsp3) is 0.375. The Labute approximate surface area is 131 Å². The van der Waals surface area contributed by atoms with E-state index in [9.17, 15) is 18.4 Å². The van der Waals surface area contributed by atoms with Gasteiger partial charge >= 0.3 is 17.9 Å². The van der Waals surface area contributed by atoms with Crippen LogP contribution in [0.5, 0.6) is 0 Å². The quantitative estimate of drug-likeness (QED) is 0.829. The van der Waals surface area contributed by atoms with E-state index in [-0.39, 0.29) is 25.0 Å². The number of aromatic amines is 1. The molecule has 1 aromatic carbocycles. The summed E-state index contributed by atoms with van der Waals surface area (Å²) in [5.41, 5.74) is 0.136. The van der Waals surface area contributed by atoms with Crippen molar-refractivity contribution in [2.75, 3.05) is 13.7 Å². The molecule has 0 saturated heterocycles. The van der Waals surface area contributed by atoms with Crippen LogP contribution in [0.2, 0.25) is 0 Å². The third-order valence-corrected chi connectivity index (χ3v) is 3.47. The highest BCUT2D eigenvalue weighted by Gasteiger charge is 2.46. The van der Waals surface area contributed by atoms with E-state index in [1.54, 1.807) is 24.3 Å². The zero-order valence-corrected chi connectivity index (χ0v) is 12.8. The van der Waals surface area contributed by atoms with Crippen molar-refractivity contribution < 1.29 is 27.8 Å². The second-order valence-corrected chi connectivity index (χ2v) is 4.90. The molecular weight excluding hydrogens is 308 g/mol. The SMILES string of the molecule is CCOC(=O)C(F)(F)c1[nH]c2ccccc2c1CCC(=O)OC. The van der Waals surface area contributed by atoms with Crippen LogP contribution in [0.15, 0.2) is 24.3 Å². The highest BCUT2D eigenvalue weighted by Crippen LogP contribution is 2.36. The van der Waals surface area contributed by atoms with Crippen LogP contribution in [0, 0.1) is 0 Å². The molecule has 0 unspecified atom stereocenters. The largest absolute Gasteiger partial charge is 0.469 e. The molecule has 0 atom stereocenters. The number of rotatable bonds is 6. The molecule has 2 aromatic rings. The number of methoxy groups -OCH3 is 1. The summed E-state index contributed by atoms with van der Waals surface area (Å²) >= 11 is 0. The molecule has 7 heteroatoms. The van der Waals surface area contributed by atoms with Crippen LogP contribution >= 0.6 is 0 Å². The standard InChI is InChI=1S/C16H17F2NO4/c1-3-23-15(21)16(17,18)14-11(8-9-13(20)22-2)10-6-4-5-7-12(10)19-14/h4-7,19H,3,8-9H2,1-2H3. The number of aromatic nitrogens is 1. The first kappa shape index (κ1) is 16.9. The first-order chi connectivity index (χ1) is 10.9. The summed E-state index contributed by atoms with van der Waals surface area (Å²) in [7, 11) is 1.23. The smallest absolute Gasteiger partial charge is 0.383 e. The zero-order valence-electron chi connectivity index (χ0n) is 12.8. The molecule has 1 heterocycles. The third kappa shape index (κ3) is 3.33. The molecule has 0 amide bonds. The number of hydrogen-bond acceptors (Lipinski definition) is 4. The van der Waals surface area contributed by atoms with E-state index >= 15 is 0 Å². The molecule has 2 rings (SSSR count). The van der Waals surface area contributed by atoms with E-state index in [2.05, 4.69) is 14.5 Å².